The Hall–Kier alpha value is -1.75. The average molecular weight is 279 g/mol. The first-order chi connectivity index (χ1) is 9.65. The second-order valence-corrected chi connectivity index (χ2v) is 4.61. The first-order valence-corrected chi connectivity index (χ1v) is 6.84. The van der Waals surface area contributed by atoms with Gasteiger partial charge < -0.3 is 9.88 Å². The minimum absolute atomic E-state index is 0.289. The molecule has 20 heavy (non-hydrogen) atoms. The van der Waals surface area contributed by atoms with E-state index in [-0.39, 0.29) is 6.04 Å². The molecular formula is C15H19F2N3. The Morgan fingerprint density at radius 2 is 2.10 bits per heavy atom. The van der Waals surface area contributed by atoms with Gasteiger partial charge in [0.25, 0.3) is 0 Å². The largest absolute Gasteiger partial charge is 0.335 e. The summed E-state index contributed by atoms with van der Waals surface area (Å²) >= 11 is 0. The number of rotatable bonds is 6. The highest BCUT2D eigenvalue weighted by Crippen LogP contribution is 2.22. The summed E-state index contributed by atoms with van der Waals surface area (Å²) in [6.45, 7) is 5.44. The molecule has 0 radical (unpaired) electrons. The van der Waals surface area contributed by atoms with Gasteiger partial charge in [0, 0.05) is 37.0 Å². The lowest BCUT2D eigenvalue weighted by Crippen LogP contribution is -2.25. The molecule has 1 atom stereocenters. The predicted octanol–water partition coefficient (Wildman–Crippen LogP) is 3.07. The summed E-state index contributed by atoms with van der Waals surface area (Å²) in [6, 6.07) is 3.27. The van der Waals surface area contributed by atoms with E-state index in [4.69, 9.17) is 0 Å². The van der Waals surface area contributed by atoms with Gasteiger partial charge in [-0.15, -0.1) is 0 Å². The molecule has 1 unspecified atom stereocenters. The fourth-order valence-corrected chi connectivity index (χ4v) is 2.32. The molecule has 0 saturated carbocycles. The molecule has 1 aromatic heterocycles. The molecule has 0 aliphatic rings. The van der Waals surface area contributed by atoms with Crippen LogP contribution in [-0.2, 0) is 13.0 Å². The second-order valence-electron chi connectivity index (χ2n) is 4.61. The molecule has 2 aromatic rings. The number of likely N-dealkylation sites (N-methyl/N-ethyl adjacent to an activating group) is 1. The number of halogens is 2. The van der Waals surface area contributed by atoms with Crippen LogP contribution in [0.25, 0.3) is 0 Å². The molecule has 0 amide bonds. The molecule has 3 nitrogen and oxygen atoms in total. The van der Waals surface area contributed by atoms with Gasteiger partial charge in [-0.05, 0) is 31.7 Å². The van der Waals surface area contributed by atoms with Gasteiger partial charge in [0.15, 0.2) is 0 Å². The highest BCUT2D eigenvalue weighted by molar-refractivity contribution is 5.23. The van der Waals surface area contributed by atoms with E-state index in [0.29, 0.717) is 18.5 Å². The van der Waals surface area contributed by atoms with E-state index in [1.54, 1.807) is 6.20 Å². The Balaban J connectivity index is 2.29. The summed E-state index contributed by atoms with van der Waals surface area (Å²) in [4.78, 5) is 4.29. The van der Waals surface area contributed by atoms with Crippen LogP contribution in [0.15, 0.2) is 30.6 Å². The molecule has 0 aliphatic carbocycles. The van der Waals surface area contributed by atoms with Gasteiger partial charge in [-0.1, -0.05) is 6.92 Å². The van der Waals surface area contributed by atoms with Gasteiger partial charge in [0.1, 0.15) is 17.5 Å². The third kappa shape index (κ3) is 3.22. The summed E-state index contributed by atoms with van der Waals surface area (Å²) in [6.07, 6.45) is 4.14. The Labute approximate surface area is 117 Å². The van der Waals surface area contributed by atoms with Crippen LogP contribution in [0.4, 0.5) is 8.78 Å². The van der Waals surface area contributed by atoms with Gasteiger partial charge in [-0.25, -0.2) is 13.8 Å². The fourth-order valence-electron chi connectivity index (χ4n) is 2.32. The standard InChI is InChI=1S/C15H19F2N3/c1-3-18-14(10-15-19-7-8-20(15)4-2)12-9-11(16)5-6-13(12)17/h5-9,14,18H,3-4,10H2,1-2H3. The molecule has 108 valence electrons. The molecule has 1 aromatic carbocycles. The molecule has 0 spiro atoms. The summed E-state index contributed by atoms with van der Waals surface area (Å²) in [5.74, 6) is 0.0391. The van der Waals surface area contributed by atoms with Crippen molar-refractivity contribution in [1.29, 1.82) is 0 Å². The monoisotopic (exact) mass is 279 g/mol. The van der Waals surface area contributed by atoms with E-state index >= 15 is 0 Å². The fraction of sp³-hybridized carbons (Fsp3) is 0.400. The number of nitrogens with one attached hydrogen (secondary N) is 1. The van der Waals surface area contributed by atoms with E-state index in [0.717, 1.165) is 18.4 Å². The Kier molecular flexibility index (Phi) is 4.84. The number of benzene rings is 1. The van der Waals surface area contributed by atoms with Crippen molar-refractivity contribution in [1.82, 2.24) is 14.9 Å². The quantitative estimate of drug-likeness (QED) is 0.880. The van der Waals surface area contributed by atoms with Crippen LogP contribution in [0.1, 0.15) is 31.3 Å². The van der Waals surface area contributed by atoms with E-state index < -0.39 is 11.6 Å². The van der Waals surface area contributed by atoms with Crippen LogP contribution in [0, 0.1) is 11.6 Å². The Morgan fingerprint density at radius 3 is 2.80 bits per heavy atom. The molecule has 0 bridgehead atoms. The summed E-state index contributed by atoms with van der Waals surface area (Å²) in [5, 5.41) is 3.20. The smallest absolute Gasteiger partial charge is 0.128 e. The molecule has 5 heteroatoms. The van der Waals surface area contributed by atoms with E-state index in [1.165, 1.54) is 12.1 Å². The van der Waals surface area contributed by atoms with E-state index in [9.17, 15) is 8.78 Å². The first kappa shape index (κ1) is 14.7. The lowest BCUT2D eigenvalue weighted by atomic mass is 10.0. The molecule has 2 rings (SSSR count). The normalized spacial score (nSPS) is 12.6. The van der Waals surface area contributed by atoms with E-state index in [1.807, 2.05) is 24.6 Å². The van der Waals surface area contributed by atoms with Gasteiger partial charge in [0.05, 0.1) is 0 Å². The molecule has 0 saturated heterocycles. The van der Waals surface area contributed by atoms with Gasteiger partial charge in [-0.2, -0.15) is 0 Å². The van der Waals surface area contributed by atoms with Gasteiger partial charge >= 0.3 is 0 Å². The highest BCUT2D eigenvalue weighted by atomic mass is 19.1. The van der Waals surface area contributed by atoms with Crippen molar-refractivity contribution in [2.75, 3.05) is 6.54 Å². The van der Waals surface area contributed by atoms with Crippen molar-refractivity contribution >= 4 is 0 Å². The SMILES string of the molecule is CCNC(Cc1nccn1CC)c1cc(F)ccc1F. The summed E-state index contributed by atoms with van der Waals surface area (Å²) in [5.41, 5.74) is 0.345. The number of hydrogen-bond donors (Lipinski definition) is 1. The van der Waals surface area contributed by atoms with E-state index in [2.05, 4.69) is 10.3 Å². The minimum Gasteiger partial charge on any atom is -0.335 e. The molecule has 0 fully saturated rings. The van der Waals surface area contributed by atoms with Crippen LogP contribution in [0.5, 0.6) is 0 Å². The van der Waals surface area contributed by atoms with Crippen molar-refractivity contribution in [3.05, 3.63) is 53.6 Å². The molecule has 0 aliphatic heterocycles. The van der Waals surface area contributed by atoms with Crippen LogP contribution in [0.3, 0.4) is 0 Å². The number of nitrogens with zero attached hydrogens (tertiary/aromatic N) is 2. The zero-order valence-electron chi connectivity index (χ0n) is 11.7. The third-order valence-electron chi connectivity index (χ3n) is 3.31. The zero-order valence-corrected chi connectivity index (χ0v) is 11.7. The molecule has 1 N–H and O–H groups in total. The average Bonchev–Trinajstić information content (AvgIpc) is 2.88. The van der Waals surface area contributed by atoms with Crippen molar-refractivity contribution in [2.45, 2.75) is 32.9 Å². The maximum absolute atomic E-state index is 13.9. The van der Waals surface area contributed by atoms with Crippen molar-refractivity contribution in [2.24, 2.45) is 0 Å². The predicted molar refractivity (Wildman–Crippen MR) is 74.4 cm³/mol. The van der Waals surface area contributed by atoms with Crippen molar-refractivity contribution < 1.29 is 8.78 Å². The topological polar surface area (TPSA) is 29.9 Å². The van der Waals surface area contributed by atoms with Crippen molar-refractivity contribution in [3.63, 3.8) is 0 Å². The highest BCUT2D eigenvalue weighted by Gasteiger charge is 2.18. The number of hydrogen-bond acceptors (Lipinski definition) is 2. The number of aromatic nitrogens is 2. The van der Waals surface area contributed by atoms with Crippen LogP contribution < -0.4 is 5.32 Å². The van der Waals surface area contributed by atoms with Gasteiger partial charge in [0.2, 0.25) is 0 Å². The number of aryl methyl sites for hydroxylation is 1. The Bertz CT molecular complexity index is 566. The van der Waals surface area contributed by atoms with Crippen LogP contribution in [0.2, 0.25) is 0 Å². The summed E-state index contributed by atoms with van der Waals surface area (Å²) in [7, 11) is 0. The maximum atomic E-state index is 13.9. The zero-order chi connectivity index (χ0) is 14.5. The Morgan fingerprint density at radius 1 is 1.30 bits per heavy atom. The van der Waals surface area contributed by atoms with Crippen LogP contribution >= 0.6 is 0 Å². The van der Waals surface area contributed by atoms with Crippen LogP contribution in [-0.4, -0.2) is 16.1 Å². The third-order valence-corrected chi connectivity index (χ3v) is 3.31. The lowest BCUT2D eigenvalue weighted by Gasteiger charge is -2.19. The maximum Gasteiger partial charge on any atom is 0.128 e. The molecule has 1 heterocycles. The van der Waals surface area contributed by atoms with Gasteiger partial charge in [-0.3, -0.25) is 0 Å². The lowest BCUT2D eigenvalue weighted by molar-refractivity contribution is 0.486. The second kappa shape index (κ2) is 6.61. The minimum atomic E-state index is -0.428. The van der Waals surface area contributed by atoms with Crippen molar-refractivity contribution in [3.8, 4) is 0 Å². The molecular weight excluding hydrogens is 260 g/mol. The number of imidazole rings is 1. The summed E-state index contributed by atoms with van der Waals surface area (Å²) < 4.78 is 29.3. The first-order valence-electron chi connectivity index (χ1n) is 6.84.